The molecular weight excluding hydrogens is 372 g/mol. The van der Waals surface area contributed by atoms with Gasteiger partial charge in [-0.2, -0.15) is 0 Å². The van der Waals surface area contributed by atoms with E-state index in [9.17, 15) is 18.7 Å². The number of nitrogens with one attached hydrogen (secondary N) is 1. The molecule has 2 saturated carbocycles. The molecule has 5 unspecified atom stereocenters. The number of hydrogen-bond donors (Lipinski definition) is 2. The van der Waals surface area contributed by atoms with Crippen molar-refractivity contribution in [3.63, 3.8) is 0 Å². The summed E-state index contributed by atoms with van der Waals surface area (Å²) in [6.07, 6.45) is 3.23. The van der Waals surface area contributed by atoms with Gasteiger partial charge in [0.1, 0.15) is 0 Å². The number of aromatic carboxylic acids is 1. The van der Waals surface area contributed by atoms with Crippen molar-refractivity contribution in [1.82, 2.24) is 0 Å². The molecule has 2 aliphatic carbocycles. The molecule has 2 aromatic rings. The zero-order valence-electron chi connectivity index (χ0n) is 14.4. The van der Waals surface area contributed by atoms with E-state index in [0.717, 1.165) is 30.9 Å². The van der Waals surface area contributed by atoms with Crippen molar-refractivity contribution in [2.45, 2.75) is 31.2 Å². The van der Waals surface area contributed by atoms with Crippen LogP contribution in [0.4, 0.5) is 14.5 Å². The second-order valence-corrected chi connectivity index (χ2v) is 8.39. The second kappa shape index (κ2) is 5.93. The minimum Gasteiger partial charge on any atom is -0.478 e. The van der Waals surface area contributed by atoms with Crippen LogP contribution in [0.1, 0.15) is 52.7 Å². The molecule has 0 radical (unpaired) electrons. The number of carboxylic acids is 1. The van der Waals surface area contributed by atoms with Crippen LogP contribution in [0.3, 0.4) is 0 Å². The maximum Gasteiger partial charge on any atom is 0.336 e. The summed E-state index contributed by atoms with van der Waals surface area (Å²) < 4.78 is 27.3. The maximum atomic E-state index is 13.9. The molecule has 6 heteroatoms. The number of halogens is 3. The Morgan fingerprint density at radius 3 is 2.63 bits per heavy atom. The lowest BCUT2D eigenvalue weighted by Crippen LogP contribution is -2.36. The molecule has 2 bridgehead atoms. The van der Waals surface area contributed by atoms with Gasteiger partial charge < -0.3 is 10.4 Å². The summed E-state index contributed by atoms with van der Waals surface area (Å²) in [6.45, 7) is 0. The van der Waals surface area contributed by atoms with E-state index in [-0.39, 0.29) is 23.4 Å². The fourth-order valence-electron chi connectivity index (χ4n) is 5.79. The smallest absolute Gasteiger partial charge is 0.336 e. The number of benzene rings is 2. The van der Waals surface area contributed by atoms with E-state index in [1.807, 2.05) is 0 Å². The van der Waals surface area contributed by atoms with Gasteiger partial charge in [-0.3, -0.25) is 0 Å². The van der Waals surface area contributed by atoms with Gasteiger partial charge in [0.2, 0.25) is 0 Å². The fraction of sp³-hybridized carbons (Fsp3) is 0.381. The van der Waals surface area contributed by atoms with Crippen LogP contribution in [-0.4, -0.2) is 11.1 Å². The van der Waals surface area contributed by atoms with Gasteiger partial charge in [0, 0.05) is 10.7 Å². The predicted molar refractivity (Wildman–Crippen MR) is 98.2 cm³/mol. The Labute approximate surface area is 160 Å². The van der Waals surface area contributed by atoms with Crippen molar-refractivity contribution < 1.29 is 18.7 Å². The molecule has 3 aliphatic rings. The molecule has 2 fully saturated rings. The minimum atomic E-state index is -0.983. The first-order valence-corrected chi connectivity index (χ1v) is 9.60. The molecule has 0 saturated heterocycles. The van der Waals surface area contributed by atoms with Crippen LogP contribution in [-0.2, 0) is 0 Å². The van der Waals surface area contributed by atoms with Crippen molar-refractivity contribution >= 4 is 23.3 Å². The minimum absolute atomic E-state index is 0.0986. The molecule has 5 rings (SSSR count). The number of rotatable bonds is 2. The number of anilines is 1. The van der Waals surface area contributed by atoms with Crippen LogP contribution in [0.2, 0.25) is 5.02 Å². The number of carboxylic acid groups (broad SMARTS) is 1. The first kappa shape index (κ1) is 17.0. The normalized spacial score (nSPS) is 30.6. The van der Waals surface area contributed by atoms with Gasteiger partial charge in [-0.25, -0.2) is 13.6 Å². The van der Waals surface area contributed by atoms with Gasteiger partial charge in [-0.05, 0) is 78.3 Å². The van der Waals surface area contributed by atoms with E-state index in [1.54, 1.807) is 12.1 Å². The lowest BCUT2D eigenvalue weighted by atomic mass is 9.67. The standard InChI is InChI=1S/C21H18ClF2NO2/c22-12-7-13(21(26)27)19-16(8-12)25-20(11-3-4-14(23)15(24)6-11)18-10-2-1-9(5-10)17(18)19/h3-4,6-10,17-18,20,25H,1-2,5H2,(H,26,27). The molecule has 27 heavy (non-hydrogen) atoms. The summed E-state index contributed by atoms with van der Waals surface area (Å²) in [4.78, 5) is 11.9. The quantitative estimate of drug-likeness (QED) is 0.701. The molecule has 140 valence electrons. The highest BCUT2D eigenvalue weighted by atomic mass is 35.5. The van der Waals surface area contributed by atoms with E-state index in [1.165, 1.54) is 12.1 Å². The molecule has 2 aromatic carbocycles. The van der Waals surface area contributed by atoms with Crippen LogP contribution >= 0.6 is 11.6 Å². The van der Waals surface area contributed by atoms with Gasteiger partial charge in [0.05, 0.1) is 11.6 Å². The molecular formula is C21H18ClF2NO2. The Morgan fingerprint density at radius 2 is 1.89 bits per heavy atom. The molecule has 3 nitrogen and oxygen atoms in total. The summed E-state index contributed by atoms with van der Waals surface area (Å²) in [5.41, 5.74) is 2.46. The lowest BCUT2D eigenvalue weighted by Gasteiger charge is -2.44. The molecule has 1 aliphatic heterocycles. The third kappa shape index (κ3) is 2.48. The van der Waals surface area contributed by atoms with Gasteiger partial charge in [-0.15, -0.1) is 0 Å². The summed E-state index contributed by atoms with van der Waals surface area (Å²) in [5.74, 6) is -1.57. The molecule has 2 N–H and O–H groups in total. The third-order valence-electron chi connectivity index (χ3n) is 6.69. The number of carbonyl (C=O) groups is 1. The monoisotopic (exact) mass is 389 g/mol. The number of fused-ring (bicyclic) bond motifs is 7. The highest BCUT2D eigenvalue weighted by Crippen LogP contribution is 2.64. The summed E-state index contributed by atoms with van der Waals surface area (Å²) in [5, 5.41) is 13.5. The van der Waals surface area contributed by atoms with E-state index < -0.39 is 17.6 Å². The topological polar surface area (TPSA) is 49.3 Å². The Balaban J connectivity index is 1.69. The van der Waals surface area contributed by atoms with Crippen LogP contribution in [0.5, 0.6) is 0 Å². The maximum absolute atomic E-state index is 13.9. The van der Waals surface area contributed by atoms with Crippen molar-refractivity contribution in [2.24, 2.45) is 17.8 Å². The predicted octanol–water partition coefficient (Wildman–Crippen LogP) is 5.61. The van der Waals surface area contributed by atoms with E-state index in [4.69, 9.17) is 11.6 Å². The molecule has 0 amide bonds. The first-order chi connectivity index (χ1) is 12.9. The van der Waals surface area contributed by atoms with Gasteiger partial charge >= 0.3 is 5.97 Å². The second-order valence-electron chi connectivity index (χ2n) is 7.95. The summed E-state index contributed by atoms with van der Waals surface area (Å²) >= 11 is 6.17. The van der Waals surface area contributed by atoms with E-state index in [2.05, 4.69) is 5.32 Å². The highest BCUT2D eigenvalue weighted by molar-refractivity contribution is 6.31. The Kier molecular flexibility index (Phi) is 3.73. The Bertz CT molecular complexity index is 963. The average Bonchev–Trinajstić information content (AvgIpc) is 3.24. The van der Waals surface area contributed by atoms with Gasteiger partial charge in [0.25, 0.3) is 0 Å². The van der Waals surface area contributed by atoms with E-state index >= 15 is 0 Å². The first-order valence-electron chi connectivity index (χ1n) is 9.22. The zero-order valence-corrected chi connectivity index (χ0v) is 15.1. The van der Waals surface area contributed by atoms with Crippen LogP contribution < -0.4 is 5.32 Å². The third-order valence-corrected chi connectivity index (χ3v) is 6.91. The van der Waals surface area contributed by atoms with Crippen molar-refractivity contribution in [1.29, 1.82) is 0 Å². The van der Waals surface area contributed by atoms with Crippen LogP contribution in [0.15, 0.2) is 30.3 Å². The SMILES string of the molecule is O=C(O)c1cc(Cl)cc2c1C1C3CCC(C3)C1C(c1ccc(F)c(F)c1)N2. The fourth-order valence-corrected chi connectivity index (χ4v) is 6.01. The molecule has 5 atom stereocenters. The van der Waals surface area contributed by atoms with Crippen molar-refractivity contribution in [3.05, 3.63) is 63.7 Å². The molecule has 0 aromatic heterocycles. The molecule has 1 heterocycles. The van der Waals surface area contributed by atoms with Gasteiger partial charge in [-0.1, -0.05) is 17.7 Å². The summed E-state index contributed by atoms with van der Waals surface area (Å²) in [6, 6.07) is 7.11. The van der Waals surface area contributed by atoms with Gasteiger partial charge in [0.15, 0.2) is 11.6 Å². The zero-order chi connectivity index (χ0) is 18.9. The Morgan fingerprint density at radius 1 is 1.11 bits per heavy atom. The largest absolute Gasteiger partial charge is 0.478 e. The van der Waals surface area contributed by atoms with Crippen LogP contribution in [0.25, 0.3) is 0 Å². The Hall–Kier alpha value is -2.14. The van der Waals surface area contributed by atoms with Crippen molar-refractivity contribution in [2.75, 3.05) is 5.32 Å². The van der Waals surface area contributed by atoms with Crippen LogP contribution in [0, 0.1) is 29.4 Å². The lowest BCUT2D eigenvalue weighted by molar-refractivity contribution is 0.0693. The number of hydrogen-bond acceptors (Lipinski definition) is 2. The molecule has 0 spiro atoms. The van der Waals surface area contributed by atoms with E-state index in [0.29, 0.717) is 28.1 Å². The average molecular weight is 390 g/mol. The highest BCUT2D eigenvalue weighted by Gasteiger charge is 2.54. The summed E-state index contributed by atoms with van der Waals surface area (Å²) in [7, 11) is 0. The van der Waals surface area contributed by atoms with Crippen molar-refractivity contribution in [3.8, 4) is 0 Å².